The number of hydrogen-bond acceptors (Lipinski definition) is 3. The highest BCUT2D eigenvalue weighted by atomic mass is 19.1. The van der Waals surface area contributed by atoms with Crippen molar-refractivity contribution in [3.63, 3.8) is 0 Å². The van der Waals surface area contributed by atoms with Gasteiger partial charge in [-0.3, -0.25) is 4.79 Å². The van der Waals surface area contributed by atoms with Gasteiger partial charge in [0.2, 0.25) is 0 Å². The minimum Gasteiger partial charge on any atom is -0.479 e. The first-order chi connectivity index (χ1) is 10.6. The van der Waals surface area contributed by atoms with Gasteiger partial charge in [-0.25, -0.2) is 4.39 Å². The van der Waals surface area contributed by atoms with Crippen LogP contribution in [0.4, 0.5) is 10.1 Å². The van der Waals surface area contributed by atoms with Crippen LogP contribution >= 0.6 is 0 Å². The largest absolute Gasteiger partial charge is 0.479 e. The van der Waals surface area contributed by atoms with E-state index in [0.717, 1.165) is 11.1 Å². The molecule has 1 heterocycles. The molecule has 0 spiro atoms. The van der Waals surface area contributed by atoms with Crippen LogP contribution in [0.3, 0.4) is 0 Å². The van der Waals surface area contributed by atoms with E-state index in [1.165, 1.54) is 12.1 Å². The summed E-state index contributed by atoms with van der Waals surface area (Å²) in [5.41, 5.74) is 8.16. The van der Waals surface area contributed by atoms with Crippen LogP contribution in [0.1, 0.15) is 18.1 Å². The third-order valence-corrected chi connectivity index (χ3v) is 3.72. The molecule has 1 unspecified atom stereocenters. The highest BCUT2D eigenvalue weighted by Crippen LogP contribution is 2.35. The zero-order chi connectivity index (χ0) is 15.7. The average molecular weight is 300 g/mol. The normalized spacial score (nSPS) is 17.1. The molecular weight excluding hydrogens is 283 g/mol. The van der Waals surface area contributed by atoms with Crippen molar-refractivity contribution in [1.29, 1.82) is 0 Å². The number of ether oxygens (including phenoxy) is 1. The lowest BCUT2D eigenvalue weighted by Crippen LogP contribution is -2.44. The number of nitrogens with two attached hydrogens (primary N) is 1. The maximum Gasteiger partial charge on any atom is 0.268 e. The van der Waals surface area contributed by atoms with E-state index in [1.54, 1.807) is 24.0 Å². The van der Waals surface area contributed by atoms with E-state index in [-0.39, 0.29) is 11.7 Å². The van der Waals surface area contributed by atoms with Gasteiger partial charge in [-0.2, -0.15) is 0 Å². The summed E-state index contributed by atoms with van der Waals surface area (Å²) in [6.45, 7) is 2.48. The number of hydrogen-bond donors (Lipinski definition) is 1. The molecule has 2 aromatic rings. The van der Waals surface area contributed by atoms with E-state index < -0.39 is 6.10 Å². The number of nitrogens with zero attached hydrogens (tertiary/aromatic N) is 1. The highest BCUT2D eigenvalue weighted by Gasteiger charge is 2.31. The molecule has 2 N–H and O–H groups in total. The number of rotatable bonds is 3. The molecule has 4 nitrogen and oxygen atoms in total. The van der Waals surface area contributed by atoms with E-state index >= 15 is 0 Å². The molecule has 22 heavy (non-hydrogen) atoms. The van der Waals surface area contributed by atoms with Gasteiger partial charge in [0.05, 0.1) is 12.2 Å². The first-order valence-electron chi connectivity index (χ1n) is 7.14. The van der Waals surface area contributed by atoms with Crippen LogP contribution < -0.4 is 15.4 Å². The lowest BCUT2D eigenvalue weighted by molar-refractivity contribution is -0.125. The zero-order valence-corrected chi connectivity index (χ0v) is 12.3. The number of benzene rings is 2. The maximum atomic E-state index is 13.0. The molecule has 1 aliphatic heterocycles. The van der Waals surface area contributed by atoms with Crippen molar-refractivity contribution in [3.8, 4) is 5.75 Å². The fourth-order valence-corrected chi connectivity index (χ4v) is 2.52. The first kappa shape index (κ1) is 14.5. The molecule has 1 amide bonds. The summed E-state index contributed by atoms with van der Waals surface area (Å²) in [6, 6.07) is 11.7. The van der Waals surface area contributed by atoms with Crippen LogP contribution in [0.15, 0.2) is 42.5 Å². The predicted molar refractivity (Wildman–Crippen MR) is 82.0 cm³/mol. The second kappa shape index (κ2) is 5.77. The summed E-state index contributed by atoms with van der Waals surface area (Å²) in [4.78, 5) is 14.1. The lowest BCUT2D eigenvalue weighted by atomic mass is 10.1. The smallest absolute Gasteiger partial charge is 0.268 e. The maximum absolute atomic E-state index is 13.0. The lowest BCUT2D eigenvalue weighted by Gasteiger charge is -2.33. The van der Waals surface area contributed by atoms with Gasteiger partial charge in [0, 0.05) is 6.54 Å². The fraction of sp³-hybridized carbons (Fsp3) is 0.235. The molecule has 3 rings (SSSR count). The summed E-state index contributed by atoms with van der Waals surface area (Å²) >= 11 is 0. The van der Waals surface area contributed by atoms with E-state index in [4.69, 9.17) is 10.5 Å². The Morgan fingerprint density at radius 2 is 1.86 bits per heavy atom. The Labute approximate surface area is 128 Å². The molecular formula is C17H17FN2O2. The minimum absolute atomic E-state index is 0.119. The van der Waals surface area contributed by atoms with Crippen molar-refractivity contribution in [2.45, 2.75) is 26.1 Å². The van der Waals surface area contributed by atoms with E-state index in [2.05, 4.69) is 0 Å². The van der Waals surface area contributed by atoms with Gasteiger partial charge in [0.15, 0.2) is 6.10 Å². The number of anilines is 1. The molecule has 0 saturated heterocycles. The van der Waals surface area contributed by atoms with Crippen molar-refractivity contribution in [1.82, 2.24) is 0 Å². The number of amides is 1. The van der Waals surface area contributed by atoms with Crippen molar-refractivity contribution < 1.29 is 13.9 Å². The van der Waals surface area contributed by atoms with Crippen molar-refractivity contribution in [3.05, 3.63) is 59.4 Å². The predicted octanol–water partition coefficient (Wildman–Crippen LogP) is 2.60. The van der Waals surface area contributed by atoms with Crippen molar-refractivity contribution >= 4 is 11.6 Å². The SMILES string of the molecule is CC1Oc2ccc(CN)cc2N(Cc2ccc(F)cc2)C1=O. The zero-order valence-electron chi connectivity index (χ0n) is 12.3. The van der Waals surface area contributed by atoms with Crippen LogP contribution in [0.5, 0.6) is 5.75 Å². The fourth-order valence-electron chi connectivity index (χ4n) is 2.52. The Hall–Kier alpha value is -2.40. The second-order valence-electron chi connectivity index (χ2n) is 5.32. The molecule has 0 bridgehead atoms. The summed E-state index contributed by atoms with van der Waals surface area (Å²) in [7, 11) is 0. The molecule has 2 aromatic carbocycles. The molecule has 1 aliphatic rings. The van der Waals surface area contributed by atoms with E-state index in [0.29, 0.717) is 24.5 Å². The monoisotopic (exact) mass is 300 g/mol. The Morgan fingerprint density at radius 3 is 2.55 bits per heavy atom. The van der Waals surface area contributed by atoms with Gasteiger partial charge in [0.1, 0.15) is 11.6 Å². The van der Waals surface area contributed by atoms with Gasteiger partial charge in [-0.1, -0.05) is 18.2 Å². The van der Waals surface area contributed by atoms with Crippen molar-refractivity contribution in [2.75, 3.05) is 4.90 Å². The molecule has 1 atom stereocenters. The number of carbonyl (C=O) groups excluding carboxylic acids is 1. The second-order valence-corrected chi connectivity index (χ2v) is 5.32. The van der Waals surface area contributed by atoms with Gasteiger partial charge < -0.3 is 15.4 Å². The molecule has 0 saturated carbocycles. The summed E-state index contributed by atoms with van der Waals surface area (Å²) in [5, 5.41) is 0. The van der Waals surface area contributed by atoms with Gasteiger partial charge in [-0.15, -0.1) is 0 Å². The topological polar surface area (TPSA) is 55.6 Å². The Balaban J connectivity index is 1.98. The number of carbonyl (C=O) groups is 1. The number of fused-ring (bicyclic) bond motifs is 1. The molecule has 5 heteroatoms. The molecule has 0 radical (unpaired) electrons. The highest BCUT2D eigenvalue weighted by molar-refractivity contribution is 5.99. The Bertz CT molecular complexity index is 700. The quantitative estimate of drug-likeness (QED) is 0.948. The standard InChI is InChI=1S/C17H17FN2O2/c1-11-17(21)20(10-12-2-5-14(18)6-3-12)15-8-13(9-19)4-7-16(15)22-11/h2-8,11H,9-10,19H2,1H3. The molecule has 114 valence electrons. The summed E-state index contributed by atoms with van der Waals surface area (Å²) in [5.74, 6) is 0.244. The van der Waals surface area contributed by atoms with E-state index in [9.17, 15) is 9.18 Å². The van der Waals surface area contributed by atoms with Gasteiger partial charge >= 0.3 is 0 Å². The summed E-state index contributed by atoms with van der Waals surface area (Å²) < 4.78 is 18.7. The molecule has 0 aliphatic carbocycles. The third kappa shape index (κ3) is 2.67. The van der Waals surface area contributed by atoms with E-state index in [1.807, 2.05) is 18.2 Å². The van der Waals surface area contributed by atoms with Crippen LogP contribution in [0, 0.1) is 5.82 Å². The van der Waals surface area contributed by atoms with Gasteiger partial charge in [0.25, 0.3) is 5.91 Å². The van der Waals surface area contributed by atoms with Crippen LogP contribution in [0.25, 0.3) is 0 Å². The van der Waals surface area contributed by atoms with Crippen LogP contribution in [-0.4, -0.2) is 12.0 Å². The molecule has 0 aromatic heterocycles. The summed E-state index contributed by atoms with van der Waals surface area (Å²) in [6.07, 6.45) is -0.545. The molecule has 0 fully saturated rings. The Morgan fingerprint density at radius 1 is 1.18 bits per heavy atom. The van der Waals surface area contributed by atoms with Crippen LogP contribution in [-0.2, 0) is 17.9 Å². The van der Waals surface area contributed by atoms with Gasteiger partial charge in [-0.05, 0) is 42.3 Å². The first-order valence-corrected chi connectivity index (χ1v) is 7.14. The number of halogens is 1. The minimum atomic E-state index is -0.545. The van der Waals surface area contributed by atoms with Crippen LogP contribution in [0.2, 0.25) is 0 Å². The third-order valence-electron chi connectivity index (χ3n) is 3.72. The Kier molecular flexibility index (Phi) is 3.81. The average Bonchev–Trinajstić information content (AvgIpc) is 2.53. The van der Waals surface area contributed by atoms with Crippen molar-refractivity contribution in [2.24, 2.45) is 5.73 Å².